The van der Waals surface area contributed by atoms with E-state index < -0.39 is 20.0 Å². The highest BCUT2D eigenvalue weighted by molar-refractivity contribution is 7.92. The zero-order valence-corrected chi connectivity index (χ0v) is 17.8. The molecule has 1 aliphatic heterocycles. The fraction of sp³-hybridized carbons (Fsp3) is 0.316. The molecule has 156 valence electrons. The lowest BCUT2D eigenvalue weighted by Gasteiger charge is -2.15. The average molecular weight is 438 g/mol. The molecule has 2 aromatic rings. The van der Waals surface area contributed by atoms with Crippen LogP contribution in [0.2, 0.25) is 0 Å². The Labute approximate surface area is 171 Å². The molecule has 1 aliphatic rings. The molecule has 1 heterocycles. The van der Waals surface area contributed by atoms with Crippen molar-refractivity contribution in [3.63, 3.8) is 0 Å². The third-order valence-corrected chi connectivity index (χ3v) is 7.92. The number of nitrogens with zero attached hydrogens (tertiary/aromatic N) is 2. The first kappa shape index (κ1) is 21.3. The Hall–Kier alpha value is -2.43. The zero-order chi connectivity index (χ0) is 21.2. The molecule has 1 fully saturated rings. The first-order valence-electron chi connectivity index (χ1n) is 9.06. The molecule has 0 saturated carbocycles. The summed E-state index contributed by atoms with van der Waals surface area (Å²) in [5.41, 5.74) is 0.820. The molecule has 0 aliphatic carbocycles. The fourth-order valence-corrected chi connectivity index (χ4v) is 4.96. The number of carbonyl (C=O) groups excluding carboxylic acids is 1. The minimum atomic E-state index is -3.90. The van der Waals surface area contributed by atoms with Crippen molar-refractivity contribution in [3.8, 4) is 0 Å². The molecule has 0 bridgehead atoms. The van der Waals surface area contributed by atoms with Crippen molar-refractivity contribution in [2.24, 2.45) is 0 Å². The van der Waals surface area contributed by atoms with Gasteiger partial charge in [-0.25, -0.2) is 21.1 Å². The molecule has 2 aromatic carbocycles. The minimum Gasteiger partial charge on any atom is -0.339 e. The van der Waals surface area contributed by atoms with Crippen molar-refractivity contribution in [1.29, 1.82) is 0 Å². The van der Waals surface area contributed by atoms with Crippen molar-refractivity contribution < 1.29 is 21.6 Å². The van der Waals surface area contributed by atoms with Gasteiger partial charge in [-0.15, -0.1) is 0 Å². The third-order valence-electron chi connectivity index (χ3n) is 4.69. The lowest BCUT2D eigenvalue weighted by atomic mass is 10.2. The van der Waals surface area contributed by atoms with Crippen LogP contribution < -0.4 is 4.72 Å². The second-order valence-corrected chi connectivity index (χ2v) is 10.8. The number of rotatable bonds is 6. The van der Waals surface area contributed by atoms with Crippen molar-refractivity contribution >= 4 is 31.6 Å². The highest BCUT2D eigenvalue weighted by Crippen LogP contribution is 2.21. The number of carbonyl (C=O) groups is 1. The first-order valence-corrected chi connectivity index (χ1v) is 12.0. The molecular weight excluding hydrogens is 414 g/mol. The van der Waals surface area contributed by atoms with Gasteiger partial charge in [0.1, 0.15) is 0 Å². The number of hydrogen-bond donors (Lipinski definition) is 1. The summed E-state index contributed by atoms with van der Waals surface area (Å²) in [6.45, 7) is 1.49. The normalized spacial score (nSPS) is 14.9. The molecule has 29 heavy (non-hydrogen) atoms. The number of anilines is 1. The molecular formula is C19H23N3O5S2. The van der Waals surface area contributed by atoms with E-state index in [9.17, 15) is 21.6 Å². The number of benzene rings is 2. The van der Waals surface area contributed by atoms with Crippen molar-refractivity contribution in [1.82, 2.24) is 9.21 Å². The predicted octanol–water partition coefficient (Wildman–Crippen LogP) is 1.97. The molecule has 10 heteroatoms. The minimum absolute atomic E-state index is 0.00577. The van der Waals surface area contributed by atoms with E-state index in [-0.39, 0.29) is 15.7 Å². The summed E-state index contributed by atoms with van der Waals surface area (Å²) >= 11 is 0. The molecule has 0 aromatic heterocycles. The highest BCUT2D eigenvalue weighted by atomic mass is 32.2. The standard InChI is InChI=1S/C19H23N3O5S2/c1-21(2)29(26,27)18-11-9-17(10-12-18)28(24,25)20-16-7-5-15(6-8-16)19(23)22-13-3-4-14-22/h5-12,20H,3-4,13-14H2,1-2H3. The maximum Gasteiger partial charge on any atom is 0.261 e. The van der Waals surface area contributed by atoms with E-state index in [1.807, 2.05) is 0 Å². The summed E-state index contributed by atoms with van der Waals surface area (Å²) < 4.78 is 52.8. The lowest BCUT2D eigenvalue weighted by molar-refractivity contribution is 0.0793. The van der Waals surface area contributed by atoms with Crippen LogP contribution in [0.4, 0.5) is 5.69 Å². The van der Waals surface area contributed by atoms with Crippen LogP contribution in [-0.2, 0) is 20.0 Å². The Balaban J connectivity index is 1.74. The molecule has 0 spiro atoms. The molecule has 0 unspecified atom stereocenters. The van der Waals surface area contributed by atoms with Gasteiger partial charge in [-0.1, -0.05) is 0 Å². The summed E-state index contributed by atoms with van der Waals surface area (Å²) in [5.74, 6) is -0.0606. The number of likely N-dealkylation sites (tertiary alicyclic amines) is 1. The van der Waals surface area contributed by atoms with Gasteiger partial charge in [0, 0.05) is 38.4 Å². The van der Waals surface area contributed by atoms with Crippen LogP contribution in [0.3, 0.4) is 0 Å². The van der Waals surface area contributed by atoms with Crippen molar-refractivity contribution in [3.05, 3.63) is 54.1 Å². The molecule has 1 N–H and O–H groups in total. The smallest absolute Gasteiger partial charge is 0.261 e. The second-order valence-electron chi connectivity index (χ2n) is 6.94. The SMILES string of the molecule is CN(C)S(=O)(=O)c1ccc(S(=O)(=O)Nc2ccc(C(=O)N3CCCC3)cc2)cc1. The van der Waals surface area contributed by atoms with Crippen LogP contribution in [0.5, 0.6) is 0 Å². The van der Waals surface area contributed by atoms with Crippen LogP contribution in [0.25, 0.3) is 0 Å². The van der Waals surface area contributed by atoms with E-state index in [1.54, 1.807) is 17.0 Å². The summed E-state index contributed by atoms with van der Waals surface area (Å²) in [7, 11) is -4.73. The van der Waals surface area contributed by atoms with Crippen LogP contribution in [0.15, 0.2) is 58.3 Å². The van der Waals surface area contributed by atoms with Crippen LogP contribution in [0.1, 0.15) is 23.2 Å². The Bertz CT molecular complexity index is 1090. The maximum atomic E-state index is 12.6. The molecule has 1 amide bonds. The molecule has 0 radical (unpaired) electrons. The van der Waals surface area contributed by atoms with E-state index in [0.717, 1.165) is 30.2 Å². The molecule has 0 atom stereocenters. The third kappa shape index (κ3) is 4.60. The summed E-state index contributed by atoms with van der Waals surface area (Å²) in [5, 5.41) is 0. The summed E-state index contributed by atoms with van der Waals surface area (Å²) in [4.78, 5) is 14.1. The topological polar surface area (TPSA) is 104 Å². The van der Waals surface area contributed by atoms with Crippen LogP contribution in [0, 0.1) is 0 Å². The first-order chi connectivity index (χ1) is 13.6. The van der Waals surface area contributed by atoms with Crippen LogP contribution >= 0.6 is 0 Å². The fourth-order valence-electron chi connectivity index (χ4n) is 3.00. The van der Waals surface area contributed by atoms with Crippen molar-refractivity contribution in [2.45, 2.75) is 22.6 Å². The van der Waals surface area contributed by atoms with E-state index in [1.165, 1.54) is 50.5 Å². The monoisotopic (exact) mass is 437 g/mol. The van der Waals surface area contributed by atoms with E-state index in [0.29, 0.717) is 11.3 Å². The van der Waals surface area contributed by atoms with Gasteiger partial charge in [0.05, 0.1) is 9.79 Å². The quantitative estimate of drug-likeness (QED) is 0.744. The second kappa shape index (κ2) is 8.13. The molecule has 8 nitrogen and oxygen atoms in total. The van der Waals surface area contributed by atoms with Gasteiger partial charge in [0.2, 0.25) is 10.0 Å². The molecule has 1 saturated heterocycles. The van der Waals surface area contributed by atoms with Gasteiger partial charge < -0.3 is 4.90 Å². The van der Waals surface area contributed by atoms with Crippen LogP contribution in [-0.4, -0.2) is 59.1 Å². The number of nitrogens with one attached hydrogen (secondary N) is 1. The Morgan fingerprint density at radius 3 is 1.90 bits per heavy atom. The van der Waals surface area contributed by atoms with Gasteiger partial charge in [0.25, 0.3) is 15.9 Å². The van der Waals surface area contributed by atoms with Crippen molar-refractivity contribution in [2.75, 3.05) is 31.9 Å². The van der Waals surface area contributed by atoms with Gasteiger partial charge >= 0.3 is 0 Å². The molecule has 3 rings (SSSR count). The largest absolute Gasteiger partial charge is 0.339 e. The predicted molar refractivity (Wildman–Crippen MR) is 110 cm³/mol. The highest BCUT2D eigenvalue weighted by Gasteiger charge is 2.21. The summed E-state index contributed by atoms with van der Waals surface area (Å²) in [6.07, 6.45) is 2.00. The zero-order valence-electron chi connectivity index (χ0n) is 16.2. The number of hydrogen-bond acceptors (Lipinski definition) is 5. The van der Waals surface area contributed by atoms with Gasteiger partial charge in [0.15, 0.2) is 0 Å². The van der Waals surface area contributed by atoms with Gasteiger partial charge in [-0.05, 0) is 61.4 Å². The number of sulfonamides is 2. The van der Waals surface area contributed by atoms with E-state index in [4.69, 9.17) is 0 Å². The maximum absolute atomic E-state index is 12.6. The van der Waals surface area contributed by atoms with Gasteiger partial charge in [-0.3, -0.25) is 9.52 Å². The Morgan fingerprint density at radius 2 is 1.38 bits per heavy atom. The van der Waals surface area contributed by atoms with E-state index in [2.05, 4.69) is 4.72 Å². The number of amides is 1. The Morgan fingerprint density at radius 1 is 0.862 bits per heavy atom. The van der Waals surface area contributed by atoms with Gasteiger partial charge in [-0.2, -0.15) is 0 Å². The average Bonchev–Trinajstić information content (AvgIpc) is 3.22. The van der Waals surface area contributed by atoms with E-state index >= 15 is 0 Å². The summed E-state index contributed by atoms with van der Waals surface area (Å²) in [6, 6.07) is 11.2. The Kier molecular flexibility index (Phi) is 5.97. The lowest BCUT2D eigenvalue weighted by Crippen LogP contribution is -2.27.